The molecule has 0 atom stereocenters. The molecule has 0 N–H and O–H groups in total. The zero-order valence-corrected chi connectivity index (χ0v) is 14.8. The fourth-order valence-corrected chi connectivity index (χ4v) is 2.58. The van der Waals surface area contributed by atoms with E-state index in [4.69, 9.17) is 0 Å². The minimum atomic E-state index is -4.77. The Morgan fingerprint density at radius 1 is 1.09 bits per heavy atom. The lowest BCUT2D eigenvalue weighted by atomic mass is 10.2. The summed E-state index contributed by atoms with van der Waals surface area (Å²) in [4.78, 5) is 8.55. The number of benzene rings is 2. The minimum absolute atomic E-state index is 0.697. The van der Waals surface area contributed by atoms with Gasteiger partial charge in [-0.3, -0.25) is 10.1 Å². The lowest BCUT2D eigenvalue weighted by Crippen LogP contribution is -3.34. The summed E-state index contributed by atoms with van der Waals surface area (Å²) in [6, 6.07) is 13.1. The lowest BCUT2D eigenvalue weighted by Gasteiger charge is -2.06. The number of nitro groups is 1. The Hall–Kier alpha value is -1.52. The van der Waals surface area contributed by atoms with Crippen molar-refractivity contribution in [1.82, 2.24) is 0 Å². The fraction of sp³-hybridized carbons (Fsp3) is 0.143. The molecule has 6 nitrogen and oxygen atoms in total. The van der Waals surface area contributed by atoms with Crippen molar-refractivity contribution in [3.05, 3.63) is 67.8 Å². The molecule has 0 aromatic heterocycles. The van der Waals surface area contributed by atoms with Crippen LogP contribution in [0.4, 0.5) is 5.69 Å². The van der Waals surface area contributed by atoms with E-state index in [1.165, 1.54) is 21.3 Å². The molecule has 2 aromatic carbocycles. The zero-order chi connectivity index (χ0) is 16.8. The molecular formula is C14H14INO5S. The number of hydrogen-bond acceptors (Lipinski definition) is 5. The third kappa shape index (κ3) is 5.70. The molecule has 0 radical (unpaired) electrons. The van der Waals surface area contributed by atoms with Crippen molar-refractivity contribution in [2.75, 3.05) is 0 Å². The van der Waals surface area contributed by atoms with Gasteiger partial charge in [-0.2, -0.15) is 0 Å². The number of nitrogens with zero attached hydrogens (tertiary/aromatic N) is 1. The fourth-order valence-electron chi connectivity index (χ4n) is 1.54. The predicted molar refractivity (Wildman–Crippen MR) is 77.0 cm³/mol. The summed E-state index contributed by atoms with van der Waals surface area (Å²) in [6.45, 7) is 2.17. The minimum Gasteiger partial charge on any atom is -0.744 e. The summed E-state index contributed by atoms with van der Waals surface area (Å²) in [5.74, 6) is 0. The Bertz CT molecular complexity index is 744. The van der Waals surface area contributed by atoms with Crippen LogP contribution in [0.25, 0.3) is 0 Å². The van der Waals surface area contributed by atoms with Crippen molar-refractivity contribution in [2.45, 2.75) is 18.2 Å². The van der Waals surface area contributed by atoms with Gasteiger partial charge in [-0.05, 0) is 30.2 Å². The Balaban J connectivity index is 0.000000235. The van der Waals surface area contributed by atoms with Crippen LogP contribution in [0.3, 0.4) is 0 Å². The maximum atomic E-state index is 10.5. The van der Waals surface area contributed by atoms with Gasteiger partial charge in [-0.25, -0.2) is 8.42 Å². The molecule has 0 aliphatic carbocycles. The van der Waals surface area contributed by atoms with Crippen LogP contribution in [0.5, 0.6) is 0 Å². The smallest absolute Gasteiger partial charge is 0.296 e. The summed E-state index contributed by atoms with van der Waals surface area (Å²) < 4.78 is 32.8. The standard InChI is InChI=1S/C8H10I.C6H5NO5S/c1-2-7-3-5-8(9)6-4-7;8-7(9)5-3-1-2-4-6(5)13(10,11)12/h3-6,9H,2H2,1H3;1-4H,(H,10,11,12)/q+1;/p-1. The molecule has 0 bridgehead atoms. The summed E-state index contributed by atoms with van der Waals surface area (Å²) in [5, 5.41) is 10.3. The zero-order valence-electron chi connectivity index (χ0n) is 11.6. The predicted octanol–water partition coefficient (Wildman–Crippen LogP) is -0.797. The van der Waals surface area contributed by atoms with Crippen molar-refractivity contribution >= 4 is 15.8 Å². The normalized spacial score (nSPS) is 10.5. The first-order valence-corrected chi connectivity index (χ1v) is 8.78. The molecule has 2 aromatic rings. The van der Waals surface area contributed by atoms with Gasteiger partial charge in [0.15, 0.2) is 3.57 Å². The first kappa shape index (κ1) is 18.5. The van der Waals surface area contributed by atoms with Crippen LogP contribution in [0, 0.1) is 13.7 Å². The summed E-state index contributed by atoms with van der Waals surface area (Å²) in [5.41, 5.74) is 0.722. The molecule has 0 aliphatic heterocycles. The SMILES string of the molecule is CCc1ccc([IH+])cc1.O=[N+]([O-])c1ccccc1S(=O)(=O)[O-]. The monoisotopic (exact) mass is 435 g/mol. The van der Waals surface area contributed by atoms with Crippen LogP contribution in [-0.4, -0.2) is 17.9 Å². The van der Waals surface area contributed by atoms with E-state index < -0.39 is 25.6 Å². The van der Waals surface area contributed by atoms with Gasteiger partial charge >= 0.3 is 0 Å². The number of nitro benzene ring substituents is 1. The van der Waals surface area contributed by atoms with E-state index >= 15 is 0 Å². The summed E-state index contributed by atoms with van der Waals surface area (Å²) in [7, 11) is -4.77. The van der Waals surface area contributed by atoms with E-state index in [0.29, 0.717) is 0 Å². The average Bonchev–Trinajstić information content (AvgIpc) is 2.48. The van der Waals surface area contributed by atoms with Gasteiger partial charge in [-0.1, -0.05) is 31.2 Å². The highest BCUT2D eigenvalue weighted by atomic mass is 127. The highest BCUT2D eigenvalue weighted by molar-refractivity contribution is 7.85. The van der Waals surface area contributed by atoms with Gasteiger partial charge in [0.05, 0.1) is 4.92 Å². The van der Waals surface area contributed by atoms with Gasteiger partial charge in [0.1, 0.15) is 15.0 Å². The van der Waals surface area contributed by atoms with Crippen LogP contribution in [-0.2, 0) is 16.5 Å². The van der Waals surface area contributed by atoms with Gasteiger partial charge in [-0.15, -0.1) is 0 Å². The lowest BCUT2D eigenvalue weighted by molar-refractivity contribution is -0.387. The molecule has 0 saturated carbocycles. The van der Waals surface area contributed by atoms with Crippen molar-refractivity contribution in [1.29, 1.82) is 0 Å². The Labute approximate surface area is 142 Å². The van der Waals surface area contributed by atoms with Crippen LogP contribution < -0.4 is 22.6 Å². The largest absolute Gasteiger partial charge is 0.744 e. The summed E-state index contributed by atoms with van der Waals surface area (Å²) in [6.07, 6.45) is 1.14. The first-order chi connectivity index (χ1) is 10.3. The maximum Gasteiger partial charge on any atom is 0.296 e. The van der Waals surface area contributed by atoms with Crippen molar-refractivity contribution in [3.8, 4) is 0 Å². The van der Waals surface area contributed by atoms with E-state index in [1.807, 2.05) is 22.6 Å². The van der Waals surface area contributed by atoms with Crippen molar-refractivity contribution in [3.63, 3.8) is 0 Å². The van der Waals surface area contributed by atoms with E-state index in [9.17, 15) is 23.1 Å². The number of aryl methyl sites for hydroxylation is 1. The van der Waals surface area contributed by atoms with E-state index in [0.717, 1.165) is 18.6 Å². The number of rotatable bonds is 3. The second-order valence-corrected chi connectivity index (χ2v) is 6.87. The van der Waals surface area contributed by atoms with Gasteiger partial charge < -0.3 is 4.55 Å². The van der Waals surface area contributed by atoms with Gasteiger partial charge in [0, 0.05) is 6.07 Å². The quantitative estimate of drug-likeness (QED) is 0.272. The van der Waals surface area contributed by atoms with E-state index in [2.05, 4.69) is 31.2 Å². The van der Waals surface area contributed by atoms with Crippen molar-refractivity contribution in [2.24, 2.45) is 0 Å². The van der Waals surface area contributed by atoms with Gasteiger partial charge in [0.2, 0.25) is 0 Å². The first-order valence-electron chi connectivity index (χ1n) is 6.21. The topological polar surface area (TPSA) is 100 Å². The molecule has 0 saturated heterocycles. The van der Waals surface area contributed by atoms with Gasteiger partial charge in [0.25, 0.3) is 28.3 Å². The average molecular weight is 435 g/mol. The number of hydrogen-bond donors (Lipinski definition) is 0. The Kier molecular flexibility index (Phi) is 6.91. The third-order valence-electron chi connectivity index (χ3n) is 2.66. The van der Waals surface area contributed by atoms with E-state index in [1.54, 1.807) is 0 Å². The summed E-state index contributed by atoms with van der Waals surface area (Å²) >= 11 is 2.04. The third-order valence-corrected chi connectivity index (χ3v) is 4.32. The molecular weight excluding hydrogens is 421 g/mol. The van der Waals surface area contributed by atoms with E-state index in [-0.39, 0.29) is 0 Å². The van der Waals surface area contributed by atoms with Crippen LogP contribution in [0.15, 0.2) is 53.4 Å². The molecule has 0 unspecified atom stereocenters. The molecule has 0 fully saturated rings. The van der Waals surface area contributed by atoms with Crippen LogP contribution >= 0.6 is 0 Å². The molecule has 0 spiro atoms. The molecule has 8 heteroatoms. The van der Waals surface area contributed by atoms with Crippen LogP contribution in [0.1, 0.15) is 12.5 Å². The Morgan fingerprint density at radius 2 is 1.64 bits per heavy atom. The second-order valence-electron chi connectivity index (χ2n) is 4.18. The number of halogens is 1. The second kappa shape index (κ2) is 8.20. The molecule has 22 heavy (non-hydrogen) atoms. The molecule has 0 heterocycles. The highest BCUT2D eigenvalue weighted by Gasteiger charge is 2.16. The molecule has 0 amide bonds. The maximum absolute atomic E-state index is 10.5. The molecule has 2 rings (SSSR count). The molecule has 118 valence electrons. The molecule has 0 aliphatic rings. The Morgan fingerprint density at radius 3 is 2.05 bits per heavy atom. The van der Waals surface area contributed by atoms with Crippen molar-refractivity contribution < 1.29 is 40.5 Å². The number of para-hydroxylation sites is 1. The highest BCUT2D eigenvalue weighted by Crippen LogP contribution is 2.21. The van der Waals surface area contributed by atoms with Crippen LogP contribution in [0.2, 0.25) is 0 Å².